The Morgan fingerprint density at radius 1 is 1.32 bits per heavy atom. The molecule has 0 amide bonds. The van der Waals surface area contributed by atoms with Crippen molar-refractivity contribution in [3.05, 3.63) is 35.4 Å². The number of nitrogens with zero attached hydrogens (tertiary/aromatic N) is 1. The second kappa shape index (κ2) is 7.91. The van der Waals surface area contributed by atoms with E-state index < -0.39 is 30.1 Å². The SMILES string of the molecule is NCCCCC1(C(=O)O)CN(Cc2ccc(F)c(F)c2)CCP1(=O)O. The van der Waals surface area contributed by atoms with Crippen LogP contribution in [-0.2, 0) is 15.9 Å². The van der Waals surface area contributed by atoms with Gasteiger partial charge in [0, 0.05) is 25.8 Å². The number of unbranched alkanes of at least 4 members (excludes halogenated alkanes) is 1. The number of aliphatic carboxylic acids is 1. The number of rotatable bonds is 7. The van der Waals surface area contributed by atoms with Crippen molar-refractivity contribution in [2.45, 2.75) is 31.0 Å². The number of carboxylic acids is 1. The van der Waals surface area contributed by atoms with Crippen LogP contribution in [0.5, 0.6) is 0 Å². The zero-order valence-electron chi connectivity index (χ0n) is 13.8. The van der Waals surface area contributed by atoms with E-state index in [4.69, 9.17) is 5.73 Å². The zero-order chi connectivity index (χ0) is 18.7. The summed E-state index contributed by atoms with van der Waals surface area (Å²) >= 11 is 0. The lowest BCUT2D eigenvalue weighted by molar-refractivity contribution is -0.141. The second-order valence-electron chi connectivity index (χ2n) is 6.47. The Bertz CT molecular complexity index is 688. The largest absolute Gasteiger partial charge is 0.480 e. The van der Waals surface area contributed by atoms with E-state index in [1.165, 1.54) is 6.07 Å². The lowest BCUT2D eigenvalue weighted by Gasteiger charge is -2.43. The van der Waals surface area contributed by atoms with Crippen LogP contribution in [0.4, 0.5) is 8.78 Å². The quantitative estimate of drug-likeness (QED) is 0.497. The highest BCUT2D eigenvalue weighted by molar-refractivity contribution is 7.61. The maximum Gasteiger partial charge on any atom is 0.320 e. The van der Waals surface area contributed by atoms with Gasteiger partial charge in [-0.25, -0.2) is 8.78 Å². The first-order valence-electron chi connectivity index (χ1n) is 8.13. The molecule has 1 aliphatic heterocycles. The average molecular weight is 376 g/mol. The minimum absolute atomic E-state index is 0.0571. The first kappa shape index (κ1) is 20.0. The average Bonchev–Trinajstić information content (AvgIpc) is 2.54. The van der Waals surface area contributed by atoms with Crippen LogP contribution >= 0.6 is 7.37 Å². The summed E-state index contributed by atoms with van der Waals surface area (Å²) in [6, 6.07) is 3.49. The molecule has 1 aromatic carbocycles. The van der Waals surface area contributed by atoms with Crippen molar-refractivity contribution in [1.29, 1.82) is 0 Å². The van der Waals surface area contributed by atoms with Gasteiger partial charge in [-0.2, -0.15) is 0 Å². The maximum atomic E-state index is 13.4. The number of halogens is 2. The smallest absolute Gasteiger partial charge is 0.320 e. The molecule has 25 heavy (non-hydrogen) atoms. The van der Waals surface area contributed by atoms with Gasteiger partial charge in [0.1, 0.15) is 0 Å². The van der Waals surface area contributed by atoms with Crippen LogP contribution in [-0.4, -0.2) is 51.8 Å². The van der Waals surface area contributed by atoms with Gasteiger partial charge in [0.15, 0.2) is 16.8 Å². The molecule has 0 aromatic heterocycles. The van der Waals surface area contributed by atoms with Crippen molar-refractivity contribution in [3.63, 3.8) is 0 Å². The number of nitrogens with two attached hydrogens (primary N) is 1. The molecule has 140 valence electrons. The van der Waals surface area contributed by atoms with Crippen LogP contribution in [0.15, 0.2) is 18.2 Å². The van der Waals surface area contributed by atoms with Gasteiger partial charge in [-0.3, -0.25) is 14.3 Å². The first-order chi connectivity index (χ1) is 11.7. The molecule has 4 N–H and O–H groups in total. The molecule has 1 heterocycles. The normalized spacial score (nSPS) is 27.4. The van der Waals surface area contributed by atoms with Crippen LogP contribution in [0.1, 0.15) is 24.8 Å². The van der Waals surface area contributed by atoms with E-state index in [0.29, 0.717) is 24.9 Å². The molecular formula is C16H23F2N2O4P. The standard InChI is InChI=1S/C16H23F2N2O4P/c17-13-4-3-12(9-14(13)18)10-20-7-8-25(23,24)16(11-20,15(21)22)5-1-2-6-19/h3-4,9H,1-2,5-8,10-11,19H2,(H,21,22)(H,23,24). The second-order valence-corrected chi connectivity index (χ2v) is 9.17. The van der Waals surface area contributed by atoms with Crippen LogP contribution in [0.3, 0.4) is 0 Å². The fourth-order valence-electron chi connectivity index (χ4n) is 3.22. The molecule has 6 nitrogen and oxygen atoms in total. The van der Waals surface area contributed by atoms with Gasteiger partial charge in [-0.05, 0) is 37.1 Å². The van der Waals surface area contributed by atoms with Gasteiger partial charge < -0.3 is 15.7 Å². The summed E-state index contributed by atoms with van der Waals surface area (Å²) in [5, 5.41) is 7.94. The fraction of sp³-hybridized carbons (Fsp3) is 0.562. The molecule has 2 unspecified atom stereocenters. The lowest BCUT2D eigenvalue weighted by Crippen LogP contribution is -2.53. The van der Waals surface area contributed by atoms with Crippen LogP contribution in [0, 0.1) is 11.6 Å². The zero-order valence-corrected chi connectivity index (χ0v) is 14.7. The van der Waals surface area contributed by atoms with Crippen LogP contribution in [0.2, 0.25) is 0 Å². The van der Waals surface area contributed by atoms with Gasteiger partial charge in [0.05, 0.1) is 0 Å². The van der Waals surface area contributed by atoms with Crippen molar-refractivity contribution in [2.24, 2.45) is 5.73 Å². The summed E-state index contributed by atoms with van der Waals surface area (Å²) in [6.07, 6.45) is 0.914. The Hall–Kier alpha value is -1.34. The molecule has 1 fully saturated rings. The van der Waals surface area contributed by atoms with Gasteiger partial charge in [0.25, 0.3) is 0 Å². The van der Waals surface area contributed by atoms with Crippen molar-refractivity contribution in [3.8, 4) is 0 Å². The highest BCUT2D eigenvalue weighted by Crippen LogP contribution is 2.59. The molecule has 0 bridgehead atoms. The van der Waals surface area contributed by atoms with Gasteiger partial charge in [-0.15, -0.1) is 0 Å². The van der Waals surface area contributed by atoms with Crippen LogP contribution in [0.25, 0.3) is 0 Å². The van der Waals surface area contributed by atoms with E-state index >= 15 is 0 Å². The monoisotopic (exact) mass is 376 g/mol. The molecular weight excluding hydrogens is 353 g/mol. The molecule has 1 aliphatic rings. The molecule has 0 radical (unpaired) electrons. The molecule has 1 aromatic rings. The molecule has 0 saturated carbocycles. The summed E-state index contributed by atoms with van der Waals surface area (Å²) in [7, 11) is -3.90. The van der Waals surface area contributed by atoms with Crippen molar-refractivity contribution in [2.75, 3.05) is 25.8 Å². The minimum Gasteiger partial charge on any atom is -0.480 e. The first-order valence-corrected chi connectivity index (χ1v) is 9.98. The maximum absolute atomic E-state index is 13.4. The number of carboxylic acid groups (broad SMARTS) is 1. The minimum atomic E-state index is -3.90. The number of hydrogen-bond acceptors (Lipinski definition) is 4. The summed E-state index contributed by atoms with van der Waals surface area (Å²) in [4.78, 5) is 23.9. The van der Waals surface area contributed by atoms with Gasteiger partial charge in [-0.1, -0.05) is 12.5 Å². The molecule has 0 aliphatic carbocycles. The van der Waals surface area contributed by atoms with E-state index in [-0.39, 0.29) is 32.2 Å². The molecule has 2 rings (SSSR count). The Balaban J connectivity index is 2.21. The Kier molecular flexibility index (Phi) is 6.32. The predicted molar refractivity (Wildman–Crippen MR) is 89.6 cm³/mol. The highest BCUT2D eigenvalue weighted by Gasteiger charge is 2.56. The predicted octanol–water partition coefficient (Wildman–Crippen LogP) is 2.00. The summed E-state index contributed by atoms with van der Waals surface area (Å²) in [5.74, 6) is -3.23. The van der Waals surface area contributed by atoms with Crippen molar-refractivity contribution in [1.82, 2.24) is 4.90 Å². The molecule has 1 saturated heterocycles. The fourth-order valence-corrected chi connectivity index (χ4v) is 5.43. The topological polar surface area (TPSA) is 104 Å². The van der Waals surface area contributed by atoms with E-state index in [2.05, 4.69) is 0 Å². The number of benzene rings is 1. The third kappa shape index (κ3) is 4.26. The molecule has 0 spiro atoms. The Morgan fingerprint density at radius 2 is 2.04 bits per heavy atom. The van der Waals surface area contributed by atoms with E-state index in [1.807, 2.05) is 0 Å². The van der Waals surface area contributed by atoms with Crippen LogP contribution < -0.4 is 5.73 Å². The van der Waals surface area contributed by atoms with Crippen molar-refractivity contribution >= 4 is 13.3 Å². The molecule has 9 heteroatoms. The number of hydrogen-bond donors (Lipinski definition) is 3. The summed E-state index contributed by atoms with van der Waals surface area (Å²) in [5.41, 5.74) is 5.91. The van der Waals surface area contributed by atoms with Gasteiger partial charge in [0.2, 0.25) is 7.37 Å². The van der Waals surface area contributed by atoms with Gasteiger partial charge >= 0.3 is 5.97 Å². The lowest BCUT2D eigenvalue weighted by atomic mass is 9.99. The third-order valence-electron chi connectivity index (χ3n) is 4.71. The number of carbonyl (C=O) groups is 1. The van der Waals surface area contributed by atoms with Crippen molar-refractivity contribution < 1.29 is 28.1 Å². The summed E-state index contributed by atoms with van der Waals surface area (Å²) < 4.78 is 39.0. The Labute approximate surface area is 145 Å². The van der Waals surface area contributed by atoms with E-state index in [1.54, 1.807) is 4.90 Å². The summed E-state index contributed by atoms with van der Waals surface area (Å²) in [6.45, 7) is 0.672. The highest BCUT2D eigenvalue weighted by atomic mass is 31.2. The van der Waals surface area contributed by atoms with E-state index in [0.717, 1.165) is 12.1 Å². The molecule has 2 atom stereocenters. The van der Waals surface area contributed by atoms with E-state index in [9.17, 15) is 28.1 Å². The third-order valence-corrected chi connectivity index (χ3v) is 7.41. The Morgan fingerprint density at radius 3 is 2.64 bits per heavy atom.